The smallest absolute Gasteiger partial charge is 0.280 e. The lowest BCUT2D eigenvalue weighted by Crippen LogP contribution is -2.16. The lowest BCUT2D eigenvalue weighted by atomic mass is 10.0. The van der Waals surface area contributed by atoms with E-state index in [-0.39, 0.29) is 11.3 Å². The summed E-state index contributed by atoms with van der Waals surface area (Å²) in [5.74, 6) is 0.136. The van der Waals surface area contributed by atoms with Gasteiger partial charge in [-0.3, -0.25) is 4.79 Å². The highest BCUT2D eigenvalue weighted by Crippen LogP contribution is 2.47. The summed E-state index contributed by atoms with van der Waals surface area (Å²) < 4.78 is 1.34. The van der Waals surface area contributed by atoms with Gasteiger partial charge < -0.3 is 5.73 Å². The highest BCUT2D eigenvalue weighted by molar-refractivity contribution is 6.03. The summed E-state index contributed by atoms with van der Waals surface area (Å²) in [7, 11) is 0. The van der Waals surface area contributed by atoms with Gasteiger partial charge in [0.05, 0.1) is 5.39 Å². The third kappa shape index (κ3) is 2.11. The molecule has 2 heterocycles. The zero-order valence-electron chi connectivity index (χ0n) is 13.2. The van der Waals surface area contributed by atoms with E-state index < -0.39 is 0 Å². The highest BCUT2D eigenvalue weighted by Gasteiger charge is 2.40. The van der Waals surface area contributed by atoms with Crippen LogP contribution in [-0.4, -0.2) is 20.7 Å². The molecule has 2 N–H and O–H groups in total. The fraction of sp³-hybridized carbons (Fsp3) is 0.278. The van der Waals surface area contributed by atoms with Crippen molar-refractivity contribution in [2.75, 3.05) is 5.73 Å². The Hall–Kier alpha value is -2.69. The summed E-state index contributed by atoms with van der Waals surface area (Å²) in [4.78, 5) is 17.6. The maximum Gasteiger partial charge on any atom is 0.280 e. The zero-order chi connectivity index (χ0) is 16.2. The Morgan fingerprint density at radius 2 is 1.96 bits per heavy atom. The number of rotatable bonds is 2. The Balaban J connectivity index is 1.89. The van der Waals surface area contributed by atoms with Crippen LogP contribution in [0.25, 0.3) is 11.0 Å². The SMILES string of the molecule is Cc1ccccc1C(=O)n1nc(N)c2ccc(C3(C)CC3)nc21. The first-order valence-electron chi connectivity index (χ1n) is 7.76. The number of aromatic nitrogens is 3. The van der Waals surface area contributed by atoms with Crippen LogP contribution in [0.15, 0.2) is 36.4 Å². The predicted octanol–water partition coefficient (Wildman–Crippen LogP) is 3.06. The second-order valence-electron chi connectivity index (χ2n) is 6.55. The van der Waals surface area contributed by atoms with Crippen LogP contribution in [-0.2, 0) is 5.41 Å². The van der Waals surface area contributed by atoms with Crippen LogP contribution >= 0.6 is 0 Å². The first-order chi connectivity index (χ1) is 11.0. The molecule has 0 saturated heterocycles. The number of hydrogen-bond acceptors (Lipinski definition) is 4. The van der Waals surface area contributed by atoms with E-state index in [0.29, 0.717) is 17.0 Å². The van der Waals surface area contributed by atoms with Gasteiger partial charge in [-0.15, -0.1) is 5.10 Å². The van der Waals surface area contributed by atoms with E-state index in [1.165, 1.54) is 4.68 Å². The van der Waals surface area contributed by atoms with Gasteiger partial charge in [0, 0.05) is 16.7 Å². The van der Waals surface area contributed by atoms with Crippen molar-refractivity contribution in [1.82, 2.24) is 14.8 Å². The van der Waals surface area contributed by atoms with E-state index in [1.807, 2.05) is 37.3 Å². The van der Waals surface area contributed by atoms with Gasteiger partial charge in [-0.1, -0.05) is 25.1 Å². The average Bonchev–Trinajstić information content (AvgIpc) is 3.22. The fourth-order valence-electron chi connectivity index (χ4n) is 2.87. The summed E-state index contributed by atoms with van der Waals surface area (Å²) >= 11 is 0. The average molecular weight is 306 g/mol. The predicted molar refractivity (Wildman–Crippen MR) is 89.4 cm³/mol. The summed E-state index contributed by atoms with van der Waals surface area (Å²) in [6.07, 6.45) is 2.25. The molecule has 0 radical (unpaired) electrons. The monoisotopic (exact) mass is 306 g/mol. The lowest BCUT2D eigenvalue weighted by molar-refractivity contribution is 0.0949. The topological polar surface area (TPSA) is 73.8 Å². The number of nitrogens with zero attached hydrogens (tertiary/aromatic N) is 3. The number of fused-ring (bicyclic) bond motifs is 1. The zero-order valence-corrected chi connectivity index (χ0v) is 13.2. The van der Waals surface area contributed by atoms with Crippen molar-refractivity contribution in [2.45, 2.75) is 32.1 Å². The molecule has 0 spiro atoms. The first-order valence-corrected chi connectivity index (χ1v) is 7.76. The van der Waals surface area contributed by atoms with Crippen LogP contribution < -0.4 is 5.73 Å². The van der Waals surface area contributed by atoms with Crippen molar-refractivity contribution in [1.29, 1.82) is 0 Å². The molecule has 0 unspecified atom stereocenters. The number of anilines is 1. The number of carbonyl (C=O) groups excluding carboxylic acids is 1. The van der Waals surface area contributed by atoms with Crippen LogP contribution in [0.4, 0.5) is 5.82 Å². The fourth-order valence-corrected chi connectivity index (χ4v) is 2.87. The minimum absolute atomic E-state index is 0.129. The summed E-state index contributed by atoms with van der Waals surface area (Å²) in [5, 5.41) is 4.96. The molecule has 0 amide bonds. The molecule has 4 rings (SSSR count). The molecule has 23 heavy (non-hydrogen) atoms. The number of hydrogen-bond donors (Lipinski definition) is 1. The molecule has 0 aliphatic heterocycles. The van der Waals surface area contributed by atoms with Crippen molar-refractivity contribution in [3.05, 3.63) is 53.2 Å². The Bertz CT molecular complexity index is 937. The quantitative estimate of drug-likeness (QED) is 0.789. The minimum Gasteiger partial charge on any atom is -0.382 e. The summed E-state index contributed by atoms with van der Waals surface area (Å²) in [5.41, 5.74) is 9.18. The first kappa shape index (κ1) is 13.9. The Morgan fingerprint density at radius 1 is 1.22 bits per heavy atom. The molecule has 116 valence electrons. The highest BCUT2D eigenvalue weighted by atomic mass is 16.2. The van der Waals surface area contributed by atoms with Gasteiger partial charge in [-0.25, -0.2) is 4.98 Å². The second-order valence-corrected chi connectivity index (χ2v) is 6.55. The normalized spacial score (nSPS) is 15.7. The number of aryl methyl sites for hydroxylation is 1. The number of pyridine rings is 1. The molecule has 1 saturated carbocycles. The molecule has 0 atom stereocenters. The molecule has 1 aliphatic carbocycles. The maximum absolute atomic E-state index is 12.9. The van der Waals surface area contributed by atoms with Gasteiger partial charge in [-0.2, -0.15) is 4.68 Å². The van der Waals surface area contributed by atoms with Gasteiger partial charge in [0.1, 0.15) is 0 Å². The number of benzene rings is 1. The molecule has 1 aliphatic rings. The number of nitrogens with two attached hydrogens (primary N) is 1. The van der Waals surface area contributed by atoms with Crippen molar-refractivity contribution in [3.63, 3.8) is 0 Å². The van der Waals surface area contributed by atoms with Gasteiger partial charge in [0.15, 0.2) is 11.5 Å². The van der Waals surface area contributed by atoms with Crippen LogP contribution in [0, 0.1) is 6.92 Å². The molecule has 3 aromatic rings. The van der Waals surface area contributed by atoms with Gasteiger partial charge in [0.25, 0.3) is 5.91 Å². The summed E-state index contributed by atoms with van der Waals surface area (Å²) in [6.45, 7) is 4.10. The molecule has 2 aromatic heterocycles. The van der Waals surface area contributed by atoms with E-state index in [1.54, 1.807) is 6.07 Å². The van der Waals surface area contributed by atoms with Crippen molar-refractivity contribution < 1.29 is 4.79 Å². The van der Waals surface area contributed by atoms with Gasteiger partial charge in [0.2, 0.25) is 0 Å². The molecule has 1 fully saturated rings. The van der Waals surface area contributed by atoms with E-state index in [9.17, 15) is 4.79 Å². The van der Waals surface area contributed by atoms with Crippen molar-refractivity contribution in [2.24, 2.45) is 0 Å². The standard InChI is InChI=1S/C18H18N4O/c1-11-5-3-4-6-12(11)17(23)22-16-13(15(19)21-22)7-8-14(20-16)18(2)9-10-18/h3-8H,9-10H2,1-2H3,(H2,19,21). The van der Waals surface area contributed by atoms with E-state index in [0.717, 1.165) is 29.5 Å². The Morgan fingerprint density at radius 3 is 2.65 bits per heavy atom. The summed E-state index contributed by atoms with van der Waals surface area (Å²) in [6, 6.07) is 11.4. The maximum atomic E-state index is 12.9. The number of nitrogen functional groups attached to an aromatic ring is 1. The third-order valence-electron chi connectivity index (χ3n) is 4.75. The van der Waals surface area contributed by atoms with E-state index >= 15 is 0 Å². The van der Waals surface area contributed by atoms with Crippen LogP contribution in [0.2, 0.25) is 0 Å². The van der Waals surface area contributed by atoms with Crippen LogP contribution in [0.3, 0.4) is 0 Å². The molecule has 1 aromatic carbocycles. The largest absolute Gasteiger partial charge is 0.382 e. The van der Waals surface area contributed by atoms with Crippen molar-refractivity contribution in [3.8, 4) is 0 Å². The molecule has 5 nitrogen and oxygen atoms in total. The second kappa shape index (κ2) is 4.65. The third-order valence-corrected chi connectivity index (χ3v) is 4.75. The van der Waals surface area contributed by atoms with Crippen molar-refractivity contribution >= 4 is 22.8 Å². The molecule has 0 bridgehead atoms. The molecular formula is C18H18N4O. The van der Waals surface area contributed by atoms with Gasteiger partial charge in [-0.05, 0) is 43.5 Å². The molecular weight excluding hydrogens is 288 g/mol. The Kier molecular flexibility index (Phi) is 2.82. The molecule has 5 heteroatoms. The number of carbonyl (C=O) groups is 1. The van der Waals surface area contributed by atoms with E-state index in [4.69, 9.17) is 10.7 Å². The minimum atomic E-state index is -0.199. The Labute approximate surface area is 134 Å². The lowest BCUT2D eigenvalue weighted by Gasteiger charge is -2.09. The van der Waals surface area contributed by atoms with Crippen LogP contribution in [0.5, 0.6) is 0 Å². The van der Waals surface area contributed by atoms with Crippen LogP contribution in [0.1, 0.15) is 41.4 Å². The van der Waals surface area contributed by atoms with Gasteiger partial charge >= 0.3 is 0 Å². The van der Waals surface area contributed by atoms with E-state index in [2.05, 4.69) is 12.0 Å².